The molecule has 7 rings (SSSR count). The van der Waals surface area contributed by atoms with Crippen LogP contribution in [0.15, 0.2) is 67.0 Å². The molecule has 3 aliphatic rings. The number of rotatable bonds is 16. The van der Waals surface area contributed by atoms with E-state index in [1.807, 2.05) is 24.3 Å². The van der Waals surface area contributed by atoms with Crippen molar-refractivity contribution in [2.75, 3.05) is 39.4 Å². The van der Waals surface area contributed by atoms with Gasteiger partial charge in [-0.2, -0.15) is 5.26 Å². The lowest BCUT2D eigenvalue weighted by molar-refractivity contribution is -0.151. The summed E-state index contributed by atoms with van der Waals surface area (Å²) >= 11 is 6.97. The van der Waals surface area contributed by atoms with Crippen LogP contribution in [0.5, 0.6) is 23.0 Å². The third kappa shape index (κ3) is 10.4. The summed E-state index contributed by atoms with van der Waals surface area (Å²) in [6, 6.07) is 19.7. The third-order valence-electron chi connectivity index (χ3n) is 11.2. The molecule has 1 aromatic heterocycles. The molecule has 4 heterocycles. The Morgan fingerprint density at radius 1 is 0.965 bits per heavy atom. The molecule has 3 aromatic carbocycles. The zero-order valence-electron chi connectivity index (χ0n) is 33.1. The number of piperidine rings is 1. The number of fused-ring (bicyclic) bond motifs is 1. The number of aromatic nitrogens is 1. The van der Waals surface area contributed by atoms with Gasteiger partial charge in [-0.25, -0.2) is 0 Å². The van der Waals surface area contributed by atoms with Gasteiger partial charge in [0.15, 0.2) is 11.5 Å². The van der Waals surface area contributed by atoms with Crippen LogP contribution in [0.1, 0.15) is 86.1 Å². The van der Waals surface area contributed by atoms with E-state index in [1.54, 1.807) is 12.3 Å². The normalized spacial score (nSPS) is 18.2. The standard InChI is InChI=1S/C46H53ClN4O6/c1-3-4-20-53-46(52)41-12-5-6-18-51(41)28-37-22-40(47)44(24-43(37)54-29-34-21-33(25-48)26-49-27-34)55-30-36-10-9-11-39(32(36)2)35-13-14-42-45(23-35)57-38(31-56-42)15-19-50-16-7-8-17-50/h9-11,13-14,21-24,26-27,38,41H,3-8,12,15-20,28-31H2,1-2H3/t38?,41-/m0/s1. The minimum Gasteiger partial charge on any atom is -0.488 e. The van der Waals surface area contributed by atoms with Crippen molar-refractivity contribution in [1.82, 2.24) is 14.8 Å². The number of esters is 1. The van der Waals surface area contributed by atoms with Crippen LogP contribution in [0, 0.1) is 18.3 Å². The third-order valence-corrected chi connectivity index (χ3v) is 11.5. The summed E-state index contributed by atoms with van der Waals surface area (Å²) in [7, 11) is 0. The van der Waals surface area contributed by atoms with E-state index >= 15 is 0 Å². The molecule has 2 atom stereocenters. The quantitative estimate of drug-likeness (QED) is 0.0806. The van der Waals surface area contributed by atoms with Crippen molar-refractivity contribution in [3.8, 4) is 40.2 Å². The van der Waals surface area contributed by atoms with Crippen molar-refractivity contribution in [3.05, 3.63) is 99.8 Å². The predicted molar refractivity (Wildman–Crippen MR) is 220 cm³/mol. The van der Waals surface area contributed by atoms with Crippen molar-refractivity contribution < 1.29 is 28.5 Å². The number of benzene rings is 3. The molecule has 0 radical (unpaired) electrons. The van der Waals surface area contributed by atoms with E-state index in [2.05, 4.69) is 59.0 Å². The van der Waals surface area contributed by atoms with Gasteiger partial charge >= 0.3 is 5.97 Å². The molecule has 0 spiro atoms. The lowest BCUT2D eigenvalue weighted by atomic mass is 9.96. The molecule has 2 fully saturated rings. The Labute approximate surface area is 341 Å². The highest BCUT2D eigenvalue weighted by Gasteiger charge is 2.31. The topological polar surface area (TPSA) is 106 Å². The maximum atomic E-state index is 13.2. The number of unbranched alkanes of at least 4 members (excludes halogenated alkanes) is 1. The van der Waals surface area contributed by atoms with E-state index < -0.39 is 0 Å². The van der Waals surface area contributed by atoms with Gasteiger partial charge in [0, 0.05) is 49.1 Å². The Morgan fingerprint density at radius 3 is 2.65 bits per heavy atom. The van der Waals surface area contributed by atoms with Gasteiger partial charge in [0.25, 0.3) is 0 Å². The minimum atomic E-state index is -0.333. The summed E-state index contributed by atoms with van der Waals surface area (Å²) in [5.74, 6) is 2.45. The van der Waals surface area contributed by atoms with Crippen molar-refractivity contribution in [2.24, 2.45) is 0 Å². The summed E-state index contributed by atoms with van der Waals surface area (Å²) in [5.41, 5.74) is 6.30. The summed E-state index contributed by atoms with van der Waals surface area (Å²) in [4.78, 5) is 22.0. The van der Waals surface area contributed by atoms with E-state index in [4.69, 9.17) is 35.3 Å². The van der Waals surface area contributed by atoms with Crippen LogP contribution in [0.3, 0.4) is 0 Å². The Balaban J connectivity index is 1.08. The zero-order chi connectivity index (χ0) is 39.6. The first-order chi connectivity index (χ1) is 27.9. The van der Waals surface area contributed by atoms with Crippen molar-refractivity contribution >= 4 is 17.6 Å². The number of carbonyl (C=O) groups excluding carboxylic acids is 1. The average Bonchev–Trinajstić information content (AvgIpc) is 3.77. The first kappa shape index (κ1) is 40.4. The highest BCUT2D eigenvalue weighted by Crippen LogP contribution is 2.39. The predicted octanol–water partition coefficient (Wildman–Crippen LogP) is 9.06. The van der Waals surface area contributed by atoms with E-state index in [0.29, 0.717) is 41.8 Å². The Kier molecular flexibility index (Phi) is 13.9. The summed E-state index contributed by atoms with van der Waals surface area (Å²) in [5, 5.41) is 9.87. The van der Waals surface area contributed by atoms with Gasteiger partial charge in [-0.3, -0.25) is 14.7 Å². The number of pyridine rings is 1. The smallest absolute Gasteiger partial charge is 0.323 e. The fraction of sp³-hybridized carbons (Fsp3) is 0.457. The van der Waals surface area contributed by atoms with Gasteiger partial charge in [0.05, 0.1) is 17.2 Å². The second-order valence-corrected chi connectivity index (χ2v) is 15.7. The summed E-state index contributed by atoms with van der Waals surface area (Å²) in [6.07, 6.45) is 11.3. The number of hydrogen-bond acceptors (Lipinski definition) is 10. The summed E-state index contributed by atoms with van der Waals surface area (Å²) < 4.78 is 31.1. The lowest BCUT2D eigenvalue weighted by Gasteiger charge is -2.34. The Bertz CT molecular complexity index is 2050. The molecular weight excluding hydrogens is 740 g/mol. The number of carbonyl (C=O) groups is 1. The first-order valence-corrected chi connectivity index (χ1v) is 20.8. The molecule has 300 valence electrons. The number of ether oxygens (including phenoxy) is 5. The molecule has 11 heteroatoms. The van der Waals surface area contributed by atoms with Crippen LogP contribution >= 0.6 is 11.6 Å². The molecule has 10 nitrogen and oxygen atoms in total. The second kappa shape index (κ2) is 19.6. The molecule has 4 aromatic rings. The number of halogens is 1. The fourth-order valence-corrected chi connectivity index (χ4v) is 8.12. The number of hydrogen-bond donors (Lipinski definition) is 0. The fourth-order valence-electron chi connectivity index (χ4n) is 7.88. The lowest BCUT2D eigenvalue weighted by Crippen LogP contribution is -2.45. The maximum absolute atomic E-state index is 13.2. The van der Waals surface area contributed by atoms with E-state index in [0.717, 1.165) is 96.5 Å². The van der Waals surface area contributed by atoms with Gasteiger partial charge in [0.1, 0.15) is 49.5 Å². The Hall–Kier alpha value is -4.82. The second-order valence-electron chi connectivity index (χ2n) is 15.3. The van der Waals surface area contributed by atoms with Crippen LogP contribution in [-0.4, -0.2) is 72.3 Å². The largest absolute Gasteiger partial charge is 0.488 e. The Morgan fingerprint density at radius 2 is 1.81 bits per heavy atom. The zero-order valence-corrected chi connectivity index (χ0v) is 33.9. The van der Waals surface area contributed by atoms with Gasteiger partial charge in [-0.1, -0.05) is 55.6 Å². The molecule has 0 bridgehead atoms. The van der Waals surface area contributed by atoms with Crippen LogP contribution in [0.25, 0.3) is 11.1 Å². The molecule has 0 N–H and O–H groups in total. The molecule has 57 heavy (non-hydrogen) atoms. The summed E-state index contributed by atoms with van der Waals surface area (Å²) in [6.45, 7) is 10.3. The van der Waals surface area contributed by atoms with Gasteiger partial charge in [-0.05, 0) is 105 Å². The molecule has 2 saturated heterocycles. The maximum Gasteiger partial charge on any atom is 0.323 e. The number of likely N-dealkylation sites (tertiary alicyclic amines) is 2. The SMILES string of the molecule is CCCCOC(=O)[C@@H]1CCCCN1Cc1cc(Cl)c(OCc2cccc(-c3ccc4c(c3)OC(CCN3CCCC3)CO4)c2C)cc1OCc1cncc(C#N)c1. The van der Waals surface area contributed by atoms with E-state index in [-0.39, 0.29) is 31.3 Å². The molecule has 0 aliphatic carbocycles. The average molecular weight is 793 g/mol. The molecule has 3 aliphatic heterocycles. The van der Waals surface area contributed by atoms with E-state index in [9.17, 15) is 10.1 Å². The first-order valence-electron chi connectivity index (χ1n) is 20.5. The number of nitrogens with zero attached hydrogens (tertiary/aromatic N) is 4. The van der Waals surface area contributed by atoms with Crippen LogP contribution in [0.2, 0.25) is 5.02 Å². The van der Waals surface area contributed by atoms with E-state index in [1.165, 1.54) is 32.1 Å². The highest BCUT2D eigenvalue weighted by atomic mass is 35.5. The van der Waals surface area contributed by atoms with Gasteiger partial charge in [0.2, 0.25) is 0 Å². The molecular formula is C46H53ClN4O6. The molecule has 1 unspecified atom stereocenters. The minimum absolute atomic E-state index is 0.0342. The molecule has 0 saturated carbocycles. The van der Waals surface area contributed by atoms with Crippen LogP contribution in [0.4, 0.5) is 0 Å². The van der Waals surface area contributed by atoms with Crippen molar-refractivity contribution in [3.63, 3.8) is 0 Å². The van der Waals surface area contributed by atoms with Crippen LogP contribution < -0.4 is 18.9 Å². The van der Waals surface area contributed by atoms with Gasteiger partial charge < -0.3 is 28.6 Å². The van der Waals surface area contributed by atoms with Crippen molar-refractivity contribution in [2.45, 2.75) is 97.1 Å². The van der Waals surface area contributed by atoms with Crippen LogP contribution in [-0.2, 0) is 29.3 Å². The van der Waals surface area contributed by atoms with Crippen molar-refractivity contribution in [1.29, 1.82) is 5.26 Å². The highest BCUT2D eigenvalue weighted by molar-refractivity contribution is 6.32. The molecule has 0 amide bonds. The van der Waals surface area contributed by atoms with Gasteiger partial charge in [-0.15, -0.1) is 0 Å². The number of nitriles is 1. The monoisotopic (exact) mass is 792 g/mol.